The Hall–Kier alpha value is -3.48. The second-order valence-corrected chi connectivity index (χ2v) is 7.99. The van der Waals surface area contributed by atoms with Crippen LogP contribution in [0.5, 0.6) is 11.5 Å². The first-order valence-electron chi connectivity index (χ1n) is 9.16. The van der Waals surface area contributed by atoms with E-state index in [1.165, 1.54) is 15.9 Å². The Balaban J connectivity index is 1.49. The van der Waals surface area contributed by atoms with Crippen LogP contribution in [0.25, 0.3) is 22.4 Å². The summed E-state index contributed by atoms with van der Waals surface area (Å²) in [7, 11) is 0. The standard InChI is InChI=1S/C23H14ClN3O2S/c24-17-8-5-7-16(14-17)21-25-23-27(26-21)22(28)20(30-23)13-15-6-4-11-19(12-15)29-18-9-2-1-3-10-18/h1-14H. The average Bonchev–Trinajstić information content (AvgIpc) is 3.29. The second kappa shape index (κ2) is 7.74. The van der Waals surface area contributed by atoms with Crippen LogP contribution < -0.4 is 14.8 Å². The molecule has 5 aromatic rings. The van der Waals surface area contributed by atoms with Crippen molar-refractivity contribution in [2.75, 3.05) is 0 Å². The summed E-state index contributed by atoms with van der Waals surface area (Å²) in [5.41, 5.74) is 1.43. The molecule has 2 aromatic heterocycles. The summed E-state index contributed by atoms with van der Waals surface area (Å²) < 4.78 is 7.76. The monoisotopic (exact) mass is 431 g/mol. The van der Waals surface area contributed by atoms with E-state index in [2.05, 4.69) is 10.1 Å². The number of nitrogens with zero attached hydrogens (tertiary/aromatic N) is 3. The molecule has 0 radical (unpaired) electrons. The molecule has 7 heteroatoms. The van der Waals surface area contributed by atoms with E-state index in [1.807, 2.05) is 72.8 Å². The van der Waals surface area contributed by atoms with Gasteiger partial charge >= 0.3 is 0 Å². The van der Waals surface area contributed by atoms with Gasteiger partial charge in [-0.15, -0.1) is 5.10 Å². The van der Waals surface area contributed by atoms with E-state index < -0.39 is 0 Å². The zero-order valence-electron chi connectivity index (χ0n) is 15.5. The average molecular weight is 432 g/mol. The molecule has 0 unspecified atom stereocenters. The summed E-state index contributed by atoms with van der Waals surface area (Å²) in [6.07, 6.45) is 1.82. The van der Waals surface area contributed by atoms with Crippen LogP contribution in [0.3, 0.4) is 0 Å². The zero-order valence-corrected chi connectivity index (χ0v) is 17.1. The summed E-state index contributed by atoms with van der Waals surface area (Å²) in [6.45, 7) is 0. The van der Waals surface area contributed by atoms with E-state index >= 15 is 0 Å². The third kappa shape index (κ3) is 3.70. The highest BCUT2D eigenvalue weighted by Gasteiger charge is 2.12. The fourth-order valence-electron chi connectivity index (χ4n) is 3.03. The first-order valence-corrected chi connectivity index (χ1v) is 10.4. The van der Waals surface area contributed by atoms with Crippen LogP contribution >= 0.6 is 22.9 Å². The van der Waals surface area contributed by atoms with Gasteiger partial charge in [-0.05, 0) is 48.0 Å². The van der Waals surface area contributed by atoms with E-state index in [9.17, 15) is 4.79 Å². The van der Waals surface area contributed by atoms with Crippen molar-refractivity contribution in [2.45, 2.75) is 0 Å². The first-order chi connectivity index (χ1) is 14.7. The minimum absolute atomic E-state index is 0.204. The topological polar surface area (TPSA) is 56.5 Å². The van der Waals surface area contributed by atoms with E-state index in [0.717, 1.165) is 16.9 Å². The van der Waals surface area contributed by atoms with E-state index in [-0.39, 0.29) is 5.56 Å². The molecule has 30 heavy (non-hydrogen) atoms. The van der Waals surface area contributed by atoms with Crippen molar-refractivity contribution in [3.63, 3.8) is 0 Å². The molecule has 0 amide bonds. The van der Waals surface area contributed by atoms with Crippen LogP contribution in [0.4, 0.5) is 0 Å². The van der Waals surface area contributed by atoms with Gasteiger partial charge in [0.05, 0.1) is 4.53 Å². The molecule has 0 aliphatic rings. The summed E-state index contributed by atoms with van der Waals surface area (Å²) in [4.78, 5) is 17.8. The number of ether oxygens (including phenoxy) is 1. The predicted molar refractivity (Wildman–Crippen MR) is 119 cm³/mol. The molecule has 5 rings (SSSR count). The summed E-state index contributed by atoms with van der Waals surface area (Å²) in [6, 6.07) is 24.4. The number of para-hydroxylation sites is 1. The van der Waals surface area contributed by atoms with Gasteiger partial charge in [-0.1, -0.05) is 65.4 Å². The van der Waals surface area contributed by atoms with Gasteiger partial charge in [0, 0.05) is 10.6 Å². The normalized spacial score (nSPS) is 11.8. The zero-order chi connectivity index (χ0) is 20.5. The van der Waals surface area contributed by atoms with Gasteiger partial charge in [0.1, 0.15) is 11.5 Å². The summed E-state index contributed by atoms with van der Waals surface area (Å²) in [5, 5.41) is 4.96. The fourth-order valence-corrected chi connectivity index (χ4v) is 4.13. The van der Waals surface area contributed by atoms with Crippen LogP contribution in [0.15, 0.2) is 83.7 Å². The molecule has 0 bridgehead atoms. The molecule has 0 saturated carbocycles. The van der Waals surface area contributed by atoms with Gasteiger partial charge in [-0.25, -0.2) is 0 Å². The number of halogens is 1. The minimum Gasteiger partial charge on any atom is -0.457 e. The number of aromatic nitrogens is 3. The van der Waals surface area contributed by atoms with Crippen molar-refractivity contribution in [1.29, 1.82) is 0 Å². The third-order valence-electron chi connectivity index (χ3n) is 4.40. The molecule has 0 aliphatic heterocycles. The highest BCUT2D eigenvalue weighted by Crippen LogP contribution is 2.23. The third-order valence-corrected chi connectivity index (χ3v) is 5.59. The van der Waals surface area contributed by atoms with Crippen LogP contribution in [0.1, 0.15) is 5.56 Å². The molecule has 0 fully saturated rings. The maximum Gasteiger partial charge on any atom is 0.291 e. The Kier molecular flexibility index (Phi) is 4.78. The quantitative estimate of drug-likeness (QED) is 0.409. The van der Waals surface area contributed by atoms with E-state index in [4.69, 9.17) is 16.3 Å². The van der Waals surface area contributed by atoms with E-state index in [0.29, 0.717) is 26.1 Å². The van der Waals surface area contributed by atoms with Crippen LogP contribution in [-0.4, -0.2) is 14.6 Å². The Labute approximate surface area is 180 Å². The van der Waals surface area contributed by atoms with Crippen LogP contribution in [0, 0.1) is 0 Å². The molecular weight excluding hydrogens is 418 g/mol. The van der Waals surface area contributed by atoms with Crippen LogP contribution in [-0.2, 0) is 0 Å². The number of benzene rings is 3. The minimum atomic E-state index is -0.204. The number of hydrogen-bond acceptors (Lipinski definition) is 5. The van der Waals surface area contributed by atoms with Gasteiger partial charge in [0.25, 0.3) is 5.56 Å². The molecule has 5 nitrogen and oxygen atoms in total. The Morgan fingerprint density at radius 2 is 1.73 bits per heavy atom. The summed E-state index contributed by atoms with van der Waals surface area (Å²) in [5.74, 6) is 1.93. The second-order valence-electron chi connectivity index (χ2n) is 6.54. The van der Waals surface area contributed by atoms with E-state index in [1.54, 1.807) is 12.1 Å². The molecular formula is C23H14ClN3O2S. The molecule has 0 aliphatic carbocycles. The first kappa shape index (κ1) is 18.5. The largest absolute Gasteiger partial charge is 0.457 e. The van der Waals surface area contributed by atoms with Gasteiger partial charge in [0.15, 0.2) is 5.82 Å². The predicted octanol–water partition coefficient (Wildman–Crippen LogP) is 4.81. The Morgan fingerprint density at radius 1 is 0.933 bits per heavy atom. The number of hydrogen-bond donors (Lipinski definition) is 0. The molecule has 2 heterocycles. The smallest absolute Gasteiger partial charge is 0.291 e. The van der Waals surface area contributed by atoms with Gasteiger partial charge in [-0.3, -0.25) is 4.79 Å². The van der Waals surface area contributed by atoms with Gasteiger partial charge < -0.3 is 4.74 Å². The maximum absolute atomic E-state index is 12.8. The van der Waals surface area contributed by atoms with Crippen molar-refractivity contribution in [2.24, 2.45) is 0 Å². The Morgan fingerprint density at radius 3 is 2.53 bits per heavy atom. The molecule has 0 N–H and O–H groups in total. The van der Waals surface area contributed by atoms with Crippen molar-refractivity contribution < 1.29 is 4.74 Å². The SMILES string of the molecule is O=c1c(=Cc2cccc(Oc3ccccc3)c2)sc2nc(-c3cccc(Cl)c3)nn12. The lowest BCUT2D eigenvalue weighted by Gasteiger charge is -2.05. The highest BCUT2D eigenvalue weighted by atomic mass is 35.5. The fraction of sp³-hybridized carbons (Fsp3) is 0. The molecule has 0 atom stereocenters. The van der Waals surface area contributed by atoms with Crippen molar-refractivity contribution in [3.05, 3.63) is 104 Å². The van der Waals surface area contributed by atoms with Crippen molar-refractivity contribution >= 4 is 34.0 Å². The van der Waals surface area contributed by atoms with Gasteiger partial charge in [0.2, 0.25) is 4.96 Å². The van der Waals surface area contributed by atoms with Crippen LogP contribution in [0.2, 0.25) is 5.02 Å². The number of thiazole rings is 1. The molecule has 3 aromatic carbocycles. The maximum atomic E-state index is 12.8. The van der Waals surface area contributed by atoms with Crippen molar-refractivity contribution in [3.8, 4) is 22.9 Å². The number of rotatable bonds is 4. The van der Waals surface area contributed by atoms with Crippen molar-refractivity contribution in [1.82, 2.24) is 14.6 Å². The lowest BCUT2D eigenvalue weighted by Crippen LogP contribution is -2.23. The summed E-state index contributed by atoms with van der Waals surface area (Å²) >= 11 is 7.34. The lowest BCUT2D eigenvalue weighted by molar-refractivity contribution is 0.482. The molecule has 0 spiro atoms. The number of fused-ring (bicyclic) bond motifs is 1. The molecule has 146 valence electrons. The van der Waals surface area contributed by atoms with Gasteiger partial charge in [-0.2, -0.15) is 9.50 Å². The lowest BCUT2D eigenvalue weighted by atomic mass is 10.2. The molecule has 0 saturated heterocycles. The highest BCUT2D eigenvalue weighted by molar-refractivity contribution is 7.15. The Bertz CT molecular complexity index is 1460.